The van der Waals surface area contributed by atoms with E-state index in [2.05, 4.69) is 79.2 Å². The number of anilines is 2. The summed E-state index contributed by atoms with van der Waals surface area (Å²) in [5.41, 5.74) is 2.25. The van der Waals surface area contributed by atoms with Crippen LogP contribution in [0.2, 0.25) is 0 Å². The van der Waals surface area contributed by atoms with Crippen molar-refractivity contribution in [2.75, 3.05) is 69.7 Å². The zero-order valence-corrected chi connectivity index (χ0v) is 23.0. The van der Waals surface area contributed by atoms with Gasteiger partial charge >= 0.3 is 0 Å². The Morgan fingerprint density at radius 1 is 0.975 bits per heavy atom. The summed E-state index contributed by atoms with van der Waals surface area (Å²) < 4.78 is 5.89. The lowest BCUT2D eigenvalue weighted by Gasteiger charge is -2.50. The van der Waals surface area contributed by atoms with Crippen molar-refractivity contribution in [3.05, 3.63) is 24.3 Å². The summed E-state index contributed by atoms with van der Waals surface area (Å²) in [5.74, 6) is 6.21. The number of piperazine rings is 1. The maximum Gasteiger partial charge on any atom is 0.249 e. The van der Waals surface area contributed by atoms with Gasteiger partial charge < -0.3 is 24.8 Å². The molecule has 7 rings (SSSR count). The van der Waals surface area contributed by atoms with Crippen LogP contribution in [0.25, 0.3) is 0 Å². The number of likely N-dealkylation sites (N-methyl/N-ethyl adjacent to an activating group) is 1. The Morgan fingerprint density at radius 2 is 1.80 bits per heavy atom. The lowest BCUT2D eigenvalue weighted by molar-refractivity contribution is -0.175. The Kier molecular flexibility index (Phi) is 7.03. The van der Waals surface area contributed by atoms with Crippen molar-refractivity contribution in [3.63, 3.8) is 0 Å². The van der Waals surface area contributed by atoms with Gasteiger partial charge in [0.25, 0.3) is 0 Å². The minimum Gasteiger partial charge on any atom is -0.369 e. The normalized spacial score (nSPS) is 34.9. The first-order valence-electron chi connectivity index (χ1n) is 14.6. The third kappa shape index (κ3) is 4.81. The van der Waals surface area contributed by atoms with Crippen molar-refractivity contribution >= 4 is 23.2 Å². The Balaban J connectivity index is 1.07. The van der Waals surface area contributed by atoms with Gasteiger partial charge in [0.15, 0.2) is 0 Å². The van der Waals surface area contributed by atoms with Gasteiger partial charge in [-0.05, 0) is 44.2 Å². The molecule has 40 heavy (non-hydrogen) atoms. The minimum atomic E-state index is -0.234. The average Bonchev–Trinajstić information content (AvgIpc) is 3.23. The molecule has 2 amide bonds. The smallest absolute Gasteiger partial charge is 0.249 e. The summed E-state index contributed by atoms with van der Waals surface area (Å²) >= 11 is 0. The monoisotopic (exact) mass is 549 g/mol. The molecule has 2 bridgehead atoms. The van der Waals surface area contributed by atoms with Crippen molar-refractivity contribution in [2.24, 2.45) is 5.92 Å². The molecule has 0 radical (unpaired) electrons. The van der Waals surface area contributed by atoms with Crippen LogP contribution in [0.1, 0.15) is 19.3 Å². The van der Waals surface area contributed by atoms with Gasteiger partial charge in [0.2, 0.25) is 11.8 Å². The first-order chi connectivity index (χ1) is 19.5. The van der Waals surface area contributed by atoms with Gasteiger partial charge in [-0.15, -0.1) is 0 Å². The Morgan fingerprint density at radius 3 is 2.62 bits per heavy atom. The Bertz CT molecular complexity index is 1180. The molecule has 6 atom stereocenters. The van der Waals surface area contributed by atoms with E-state index in [4.69, 9.17) is 4.74 Å². The largest absolute Gasteiger partial charge is 0.369 e. The van der Waals surface area contributed by atoms with Gasteiger partial charge in [0.05, 0.1) is 30.9 Å². The van der Waals surface area contributed by atoms with Crippen molar-refractivity contribution in [2.45, 2.75) is 50.2 Å². The van der Waals surface area contributed by atoms with Crippen LogP contribution in [0.5, 0.6) is 0 Å². The van der Waals surface area contributed by atoms with Crippen LogP contribution in [-0.4, -0.2) is 122 Å². The van der Waals surface area contributed by atoms with Crippen LogP contribution in [-0.2, 0) is 14.3 Å². The summed E-state index contributed by atoms with van der Waals surface area (Å²) in [6, 6.07) is 8.59. The van der Waals surface area contributed by atoms with Gasteiger partial charge in [-0.3, -0.25) is 30.5 Å². The second-order valence-electron chi connectivity index (χ2n) is 11.6. The molecule has 12 heteroatoms. The number of hydrogen-bond acceptors (Lipinski definition) is 10. The van der Waals surface area contributed by atoms with Gasteiger partial charge in [0, 0.05) is 57.1 Å². The van der Waals surface area contributed by atoms with E-state index in [1.165, 1.54) is 5.69 Å². The van der Waals surface area contributed by atoms with E-state index in [1.807, 2.05) is 9.91 Å². The van der Waals surface area contributed by atoms with E-state index < -0.39 is 0 Å². The SMILES string of the molecule is CN1CCN(c2ccc(NC3NCC4C(=O)N5CC#CCCN6C(=O)COC7CCC(NC76)N5C4N3)cc2)CC1. The number of morpholine rings is 1. The summed E-state index contributed by atoms with van der Waals surface area (Å²) in [5, 5.41) is 18.3. The summed E-state index contributed by atoms with van der Waals surface area (Å²) in [6.45, 7) is 5.82. The van der Waals surface area contributed by atoms with Gasteiger partial charge in [-0.1, -0.05) is 11.8 Å². The summed E-state index contributed by atoms with van der Waals surface area (Å²) in [6.07, 6.45) is 1.41. The van der Waals surface area contributed by atoms with Gasteiger partial charge in [-0.2, -0.15) is 5.01 Å². The van der Waals surface area contributed by atoms with Crippen molar-refractivity contribution in [3.8, 4) is 11.8 Å². The van der Waals surface area contributed by atoms with E-state index in [1.54, 1.807) is 0 Å². The molecular formula is C28H39N9O3. The lowest BCUT2D eigenvalue weighted by Crippen LogP contribution is -2.72. The first-order valence-corrected chi connectivity index (χ1v) is 14.6. The summed E-state index contributed by atoms with van der Waals surface area (Å²) in [4.78, 5) is 33.0. The number of piperidine rings is 1. The number of carbonyl (C=O) groups excluding carboxylic acids is 2. The van der Waals surface area contributed by atoms with Gasteiger partial charge in [0.1, 0.15) is 19.1 Å². The van der Waals surface area contributed by atoms with E-state index in [-0.39, 0.29) is 55.2 Å². The highest BCUT2D eigenvalue weighted by Gasteiger charge is 2.53. The number of hydrogen-bond donors (Lipinski definition) is 4. The third-order valence-electron chi connectivity index (χ3n) is 9.11. The highest BCUT2D eigenvalue weighted by atomic mass is 16.5. The Hall–Kier alpha value is -2.92. The lowest BCUT2D eigenvalue weighted by atomic mass is 9.99. The van der Waals surface area contributed by atoms with Crippen LogP contribution in [0.3, 0.4) is 0 Å². The quantitative estimate of drug-likeness (QED) is 0.351. The fourth-order valence-electron chi connectivity index (χ4n) is 6.87. The van der Waals surface area contributed by atoms with E-state index >= 15 is 0 Å². The van der Waals surface area contributed by atoms with Crippen molar-refractivity contribution in [1.82, 2.24) is 35.8 Å². The molecule has 1 aromatic carbocycles. The van der Waals surface area contributed by atoms with Crippen LogP contribution < -0.4 is 26.2 Å². The molecule has 0 spiro atoms. The maximum atomic E-state index is 13.6. The Labute approximate surface area is 235 Å². The number of nitrogens with one attached hydrogen (secondary N) is 4. The molecule has 5 fully saturated rings. The fraction of sp³-hybridized carbons (Fsp3) is 0.643. The first kappa shape index (κ1) is 26.0. The summed E-state index contributed by atoms with van der Waals surface area (Å²) in [7, 11) is 2.17. The number of hydrazine groups is 1. The molecule has 6 unspecified atom stereocenters. The highest BCUT2D eigenvalue weighted by Crippen LogP contribution is 2.33. The third-order valence-corrected chi connectivity index (χ3v) is 9.11. The maximum absolute atomic E-state index is 13.6. The predicted molar refractivity (Wildman–Crippen MR) is 149 cm³/mol. The molecule has 5 saturated heterocycles. The zero-order valence-electron chi connectivity index (χ0n) is 23.0. The molecular weight excluding hydrogens is 510 g/mol. The minimum absolute atomic E-state index is 0.00873. The van der Waals surface area contributed by atoms with E-state index in [0.29, 0.717) is 26.1 Å². The zero-order chi connectivity index (χ0) is 27.2. The average molecular weight is 550 g/mol. The number of carbonyl (C=O) groups is 2. The highest BCUT2D eigenvalue weighted by molar-refractivity contribution is 5.82. The topological polar surface area (TPSA) is 108 Å². The van der Waals surface area contributed by atoms with Crippen LogP contribution in [0.15, 0.2) is 24.3 Å². The van der Waals surface area contributed by atoms with Crippen LogP contribution >= 0.6 is 0 Å². The number of nitrogens with zero attached hydrogens (tertiary/aromatic N) is 5. The second kappa shape index (κ2) is 10.8. The molecule has 12 nitrogen and oxygen atoms in total. The van der Waals surface area contributed by atoms with Crippen LogP contribution in [0, 0.1) is 17.8 Å². The number of fused-ring (bicyclic) bond motifs is 5. The molecule has 0 aliphatic carbocycles. The molecule has 6 aliphatic rings. The van der Waals surface area contributed by atoms with Crippen molar-refractivity contribution < 1.29 is 14.3 Å². The van der Waals surface area contributed by atoms with Gasteiger partial charge in [-0.25, -0.2) is 0 Å². The predicted octanol–water partition coefficient (Wildman–Crippen LogP) is -1.00. The fourth-order valence-corrected chi connectivity index (χ4v) is 6.87. The molecule has 6 heterocycles. The molecule has 0 saturated carbocycles. The van der Waals surface area contributed by atoms with E-state index in [0.717, 1.165) is 44.7 Å². The number of rotatable bonds is 3. The second-order valence-corrected chi connectivity index (χ2v) is 11.6. The molecule has 214 valence electrons. The molecule has 4 N–H and O–H groups in total. The van der Waals surface area contributed by atoms with Crippen LogP contribution in [0.4, 0.5) is 11.4 Å². The standard InChI is InChI=1S/C28H39N9O3/c1-33-13-15-34(16-14-33)20-7-5-19(6-8-20)30-28-29-17-21-25(32-28)37-23-10-9-22-26(31-23)35(24(38)18-40-22)11-3-2-4-12-36(37)27(21)39/h5-8,21-23,25-26,28-32H,3,9-18H2,1H3. The number of benzene rings is 1. The van der Waals surface area contributed by atoms with E-state index in [9.17, 15) is 9.59 Å². The molecule has 0 aromatic heterocycles. The van der Waals surface area contributed by atoms with Crippen molar-refractivity contribution in [1.29, 1.82) is 0 Å². The molecule has 1 aromatic rings. The number of ether oxygens (including phenoxy) is 1. The molecule has 6 aliphatic heterocycles. The number of amides is 2.